The molecule has 0 amide bonds. The smallest absolute Gasteiger partial charge is 0.130 e. The molecule has 2 heterocycles. The zero-order valence-electron chi connectivity index (χ0n) is 13.2. The van der Waals surface area contributed by atoms with Gasteiger partial charge in [-0.05, 0) is 64.9 Å². The lowest BCUT2D eigenvalue weighted by molar-refractivity contribution is -0.118. The summed E-state index contributed by atoms with van der Waals surface area (Å²) < 4.78 is 0. The maximum Gasteiger partial charge on any atom is 0.130 e. The third-order valence-electron chi connectivity index (χ3n) is 3.92. The fraction of sp³-hybridized carbons (Fsp3) is 0.529. The summed E-state index contributed by atoms with van der Waals surface area (Å²) in [4.78, 5) is 20.5. The minimum atomic E-state index is 0.347. The lowest BCUT2D eigenvalue weighted by atomic mass is 9.92. The lowest BCUT2D eigenvalue weighted by Crippen LogP contribution is -2.30. The predicted molar refractivity (Wildman–Crippen MR) is 86.3 cm³/mol. The van der Waals surface area contributed by atoms with E-state index in [4.69, 9.17) is 0 Å². The number of hydrogen-bond donors (Lipinski definition) is 1. The van der Waals surface area contributed by atoms with Gasteiger partial charge in [0.1, 0.15) is 11.6 Å². The Kier molecular flexibility index (Phi) is 5.51. The van der Waals surface area contributed by atoms with Gasteiger partial charge in [0.25, 0.3) is 0 Å². The van der Waals surface area contributed by atoms with Gasteiger partial charge in [0.15, 0.2) is 0 Å². The van der Waals surface area contributed by atoms with Gasteiger partial charge in [-0.2, -0.15) is 0 Å². The second-order valence-electron chi connectivity index (χ2n) is 5.99. The number of hydrogen-bond acceptors (Lipinski definition) is 3. The number of aryl methyl sites for hydroxylation is 1. The number of piperidine rings is 1. The first-order chi connectivity index (χ1) is 10.0. The van der Waals surface area contributed by atoms with Gasteiger partial charge in [-0.15, -0.1) is 0 Å². The average molecular weight is 287 g/mol. The van der Waals surface area contributed by atoms with Gasteiger partial charge in [-0.1, -0.05) is 12.1 Å². The second kappa shape index (κ2) is 7.36. The molecule has 0 saturated carbocycles. The Bertz CT molecular complexity index is 549. The van der Waals surface area contributed by atoms with Crippen molar-refractivity contribution in [2.45, 2.75) is 33.1 Å². The molecule has 1 fully saturated rings. The maximum absolute atomic E-state index is 10.8. The average Bonchev–Trinajstić information content (AvgIpc) is 2.81. The number of para-hydroxylation sites is 2. The number of carbonyl (C=O) groups excluding carboxylic acids is 1. The third-order valence-corrected chi connectivity index (χ3v) is 3.92. The van der Waals surface area contributed by atoms with E-state index in [0.717, 1.165) is 36.4 Å². The molecule has 4 heteroatoms. The molecule has 3 rings (SSSR count). The van der Waals surface area contributed by atoms with E-state index in [-0.39, 0.29) is 0 Å². The molecule has 1 saturated heterocycles. The molecule has 1 N–H and O–H groups in total. The molecule has 0 radical (unpaired) electrons. The van der Waals surface area contributed by atoms with Crippen LogP contribution < -0.4 is 0 Å². The number of aromatic nitrogens is 2. The summed E-state index contributed by atoms with van der Waals surface area (Å²) >= 11 is 0. The highest BCUT2D eigenvalue weighted by Crippen LogP contribution is 2.19. The third kappa shape index (κ3) is 4.97. The van der Waals surface area contributed by atoms with Crippen molar-refractivity contribution in [2.24, 2.45) is 5.92 Å². The van der Waals surface area contributed by atoms with Crippen LogP contribution in [0.15, 0.2) is 24.3 Å². The van der Waals surface area contributed by atoms with E-state index in [1.54, 1.807) is 6.92 Å². The summed E-state index contributed by atoms with van der Waals surface area (Å²) in [6.07, 6.45) is 3.21. The van der Waals surface area contributed by atoms with E-state index >= 15 is 0 Å². The zero-order valence-corrected chi connectivity index (χ0v) is 13.2. The molecule has 2 aromatic rings. The molecular formula is C17H25N3O. The summed E-state index contributed by atoms with van der Waals surface area (Å²) in [5, 5.41) is 0. The largest absolute Gasteiger partial charge is 0.342 e. The van der Waals surface area contributed by atoms with Crippen molar-refractivity contribution >= 4 is 16.8 Å². The van der Waals surface area contributed by atoms with Gasteiger partial charge >= 0.3 is 0 Å². The predicted octanol–water partition coefficient (Wildman–Crippen LogP) is 3.18. The van der Waals surface area contributed by atoms with E-state index in [1.807, 2.05) is 31.2 Å². The number of Topliss-reactive ketones (excluding diaryl/α,β-unsaturated/α-hetero) is 1. The molecule has 1 aromatic carbocycles. The highest BCUT2D eigenvalue weighted by atomic mass is 16.1. The summed E-state index contributed by atoms with van der Waals surface area (Å²) in [6, 6.07) is 8.01. The Morgan fingerprint density at radius 3 is 2.62 bits per heavy atom. The number of ketones is 1. The van der Waals surface area contributed by atoms with Crippen LogP contribution in [0.25, 0.3) is 11.0 Å². The zero-order chi connectivity index (χ0) is 15.2. The summed E-state index contributed by atoms with van der Waals surface area (Å²) in [5.74, 6) is 1.99. The maximum atomic E-state index is 10.8. The molecule has 4 nitrogen and oxygen atoms in total. The number of imidazole rings is 1. The monoisotopic (exact) mass is 287 g/mol. The number of benzene rings is 1. The first kappa shape index (κ1) is 15.7. The Morgan fingerprint density at radius 1 is 1.33 bits per heavy atom. The van der Waals surface area contributed by atoms with Gasteiger partial charge < -0.3 is 14.7 Å². The van der Waals surface area contributed by atoms with Gasteiger partial charge in [-0.3, -0.25) is 0 Å². The van der Waals surface area contributed by atoms with Gasteiger partial charge in [-0.25, -0.2) is 4.98 Å². The van der Waals surface area contributed by atoms with Gasteiger partial charge in [0, 0.05) is 6.42 Å². The van der Waals surface area contributed by atoms with E-state index in [0.29, 0.717) is 11.7 Å². The molecule has 1 aliphatic rings. The van der Waals surface area contributed by atoms with Crippen LogP contribution in [0.5, 0.6) is 0 Å². The molecular weight excluding hydrogens is 262 g/mol. The minimum absolute atomic E-state index is 0.347. The van der Waals surface area contributed by atoms with Crippen molar-refractivity contribution < 1.29 is 4.79 Å². The number of nitrogens with zero attached hydrogens (tertiary/aromatic N) is 2. The van der Waals surface area contributed by atoms with Crippen LogP contribution in [0, 0.1) is 12.8 Å². The quantitative estimate of drug-likeness (QED) is 0.923. The Balaban J connectivity index is 0.000000154. The van der Waals surface area contributed by atoms with E-state index in [1.165, 1.54) is 12.8 Å². The number of H-pyrrole nitrogens is 1. The van der Waals surface area contributed by atoms with Crippen LogP contribution >= 0.6 is 0 Å². The first-order valence-corrected chi connectivity index (χ1v) is 7.64. The lowest BCUT2D eigenvalue weighted by Gasteiger charge is -2.28. The molecule has 0 spiro atoms. The van der Waals surface area contributed by atoms with Crippen molar-refractivity contribution in [3.05, 3.63) is 30.1 Å². The second-order valence-corrected chi connectivity index (χ2v) is 5.99. The Labute approximate surface area is 126 Å². The van der Waals surface area contributed by atoms with Crippen LogP contribution in [0.4, 0.5) is 0 Å². The van der Waals surface area contributed by atoms with Crippen LogP contribution in [0.2, 0.25) is 0 Å². The van der Waals surface area contributed by atoms with Crippen molar-refractivity contribution in [1.82, 2.24) is 14.9 Å². The topological polar surface area (TPSA) is 49.0 Å². The summed E-state index contributed by atoms with van der Waals surface area (Å²) in [6.45, 7) is 5.98. The fourth-order valence-electron chi connectivity index (χ4n) is 2.75. The number of likely N-dealkylation sites (tertiary alicyclic amines) is 1. The highest BCUT2D eigenvalue weighted by molar-refractivity contribution is 5.75. The molecule has 0 unspecified atom stereocenters. The number of nitrogens with one attached hydrogen (secondary N) is 1. The van der Waals surface area contributed by atoms with Crippen LogP contribution in [0.1, 0.15) is 32.0 Å². The molecule has 0 aliphatic carbocycles. The molecule has 21 heavy (non-hydrogen) atoms. The van der Waals surface area contributed by atoms with Gasteiger partial charge in [0.2, 0.25) is 0 Å². The van der Waals surface area contributed by atoms with E-state index < -0.39 is 0 Å². The molecule has 1 aliphatic heterocycles. The number of fused-ring (bicyclic) bond motifs is 1. The number of rotatable bonds is 2. The molecule has 1 aromatic heterocycles. The van der Waals surface area contributed by atoms with Crippen molar-refractivity contribution in [3.8, 4) is 0 Å². The Hall–Kier alpha value is -1.68. The van der Waals surface area contributed by atoms with Crippen LogP contribution in [-0.2, 0) is 4.79 Å². The van der Waals surface area contributed by atoms with Crippen LogP contribution in [0.3, 0.4) is 0 Å². The van der Waals surface area contributed by atoms with Crippen molar-refractivity contribution in [1.29, 1.82) is 0 Å². The molecule has 114 valence electrons. The van der Waals surface area contributed by atoms with Gasteiger partial charge in [0.05, 0.1) is 11.0 Å². The van der Waals surface area contributed by atoms with E-state index in [2.05, 4.69) is 21.9 Å². The minimum Gasteiger partial charge on any atom is -0.342 e. The standard InChI is InChI=1S/C9H17NO.C8H8N2/c1-8(11)7-9-3-5-10(2)6-4-9;1-6-9-7-4-2-3-5-8(7)10-6/h9H,3-7H2,1-2H3;2-5H,1H3,(H,9,10). The van der Waals surface area contributed by atoms with E-state index in [9.17, 15) is 4.79 Å². The summed E-state index contributed by atoms with van der Waals surface area (Å²) in [7, 11) is 2.14. The molecule has 0 atom stereocenters. The summed E-state index contributed by atoms with van der Waals surface area (Å²) in [5.41, 5.74) is 2.15. The van der Waals surface area contributed by atoms with Crippen LogP contribution in [-0.4, -0.2) is 40.8 Å². The normalized spacial score (nSPS) is 16.5. The Morgan fingerprint density at radius 2 is 2.00 bits per heavy atom. The number of aromatic amines is 1. The highest BCUT2D eigenvalue weighted by Gasteiger charge is 2.17. The first-order valence-electron chi connectivity index (χ1n) is 7.64. The fourth-order valence-corrected chi connectivity index (χ4v) is 2.75. The SMILES string of the molecule is CC(=O)CC1CCN(C)CC1.Cc1nc2ccccc2[nH]1. The molecule has 0 bridgehead atoms. The van der Waals surface area contributed by atoms with Crippen molar-refractivity contribution in [3.63, 3.8) is 0 Å². The number of carbonyl (C=O) groups is 1. The van der Waals surface area contributed by atoms with Crippen molar-refractivity contribution in [2.75, 3.05) is 20.1 Å².